The van der Waals surface area contributed by atoms with E-state index in [2.05, 4.69) is 33.0 Å². The maximum Gasteiger partial charge on any atom is 0.275 e. The predicted molar refractivity (Wildman–Crippen MR) is 117 cm³/mol. The van der Waals surface area contributed by atoms with E-state index in [0.717, 1.165) is 27.7 Å². The summed E-state index contributed by atoms with van der Waals surface area (Å²) in [5.74, 6) is 0. The summed E-state index contributed by atoms with van der Waals surface area (Å²) in [4.78, 5) is 15.1. The maximum absolute atomic E-state index is 13.0. The van der Waals surface area contributed by atoms with Gasteiger partial charge in [-0.25, -0.2) is 4.68 Å². The molecule has 0 N–H and O–H groups in total. The van der Waals surface area contributed by atoms with E-state index in [1.54, 1.807) is 4.68 Å². The van der Waals surface area contributed by atoms with Gasteiger partial charge >= 0.3 is 0 Å². The molecule has 5 heteroatoms. The van der Waals surface area contributed by atoms with Crippen molar-refractivity contribution in [2.24, 2.45) is 0 Å². The molecule has 0 aliphatic rings. The first-order valence-electron chi connectivity index (χ1n) is 9.10. The number of aromatic nitrogens is 2. The van der Waals surface area contributed by atoms with Gasteiger partial charge in [0, 0.05) is 22.0 Å². The Morgan fingerprint density at radius 1 is 0.893 bits per heavy atom. The lowest BCUT2D eigenvalue weighted by atomic mass is 10.1. The highest BCUT2D eigenvalue weighted by molar-refractivity contribution is 9.10. The molecule has 0 atom stereocenters. The number of benzene rings is 3. The molecule has 4 rings (SSSR count). The second kappa shape index (κ2) is 8.09. The maximum atomic E-state index is 13.0. The Hall–Kier alpha value is -2.76. The quantitative estimate of drug-likeness (QED) is 0.448. The van der Waals surface area contributed by atoms with Crippen LogP contribution in [0.5, 0.6) is 0 Å². The minimum absolute atomic E-state index is 0.0714. The van der Waals surface area contributed by atoms with Crippen LogP contribution in [0.15, 0.2) is 88.1 Å². The summed E-state index contributed by atoms with van der Waals surface area (Å²) in [5.41, 5.74) is 2.94. The molecule has 0 aliphatic heterocycles. The highest BCUT2D eigenvalue weighted by Crippen LogP contribution is 2.24. The van der Waals surface area contributed by atoms with Gasteiger partial charge in [0.05, 0.1) is 17.7 Å². The first-order valence-corrected chi connectivity index (χ1v) is 9.89. The lowest BCUT2D eigenvalue weighted by molar-refractivity contribution is 0.241. The topological polar surface area (TPSA) is 38.1 Å². The van der Waals surface area contributed by atoms with E-state index in [0.29, 0.717) is 12.1 Å². The lowest BCUT2D eigenvalue weighted by Gasteiger charge is -2.19. The Balaban J connectivity index is 1.71. The summed E-state index contributed by atoms with van der Waals surface area (Å²) in [6.45, 7) is 1.15. The third kappa shape index (κ3) is 3.91. The summed E-state index contributed by atoms with van der Waals surface area (Å²) in [6, 6.07) is 25.9. The Kier molecular flexibility index (Phi) is 5.37. The largest absolute Gasteiger partial charge is 0.283 e. The Bertz CT molecular complexity index is 1150. The SMILES string of the molecule is CN(Cc1ccc(Br)cc1)Cn1nc(-c2ccccc2)c2ccccc2c1=O. The summed E-state index contributed by atoms with van der Waals surface area (Å²) in [6.07, 6.45) is 0. The fourth-order valence-electron chi connectivity index (χ4n) is 3.32. The zero-order valence-electron chi connectivity index (χ0n) is 15.5. The molecule has 0 spiro atoms. The minimum atomic E-state index is -0.0714. The zero-order valence-corrected chi connectivity index (χ0v) is 17.1. The van der Waals surface area contributed by atoms with Crippen molar-refractivity contribution in [1.29, 1.82) is 0 Å². The number of hydrogen-bond donors (Lipinski definition) is 0. The molecule has 0 bridgehead atoms. The van der Waals surface area contributed by atoms with Crippen molar-refractivity contribution in [2.45, 2.75) is 13.2 Å². The molecule has 3 aromatic carbocycles. The molecule has 0 saturated heterocycles. The fourth-order valence-corrected chi connectivity index (χ4v) is 3.58. The molecule has 0 fully saturated rings. The van der Waals surface area contributed by atoms with Crippen LogP contribution in [0, 0.1) is 0 Å². The molecule has 140 valence electrons. The van der Waals surface area contributed by atoms with E-state index >= 15 is 0 Å². The highest BCUT2D eigenvalue weighted by Gasteiger charge is 2.13. The summed E-state index contributed by atoms with van der Waals surface area (Å²) in [5, 5.41) is 6.29. The molecule has 0 amide bonds. The van der Waals surface area contributed by atoms with Gasteiger partial charge in [0.1, 0.15) is 0 Å². The van der Waals surface area contributed by atoms with Gasteiger partial charge < -0.3 is 0 Å². The lowest BCUT2D eigenvalue weighted by Crippen LogP contribution is -2.32. The fraction of sp³-hybridized carbons (Fsp3) is 0.130. The van der Waals surface area contributed by atoms with E-state index in [9.17, 15) is 4.79 Å². The molecule has 0 radical (unpaired) electrons. The number of nitrogens with zero attached hydrogens (tertiary/aromatic N) is 3. The predicted octanol–water partition coefficient (Wildman–Crippen LogP) is 4.92. The van der Waals surface area contributed by atoms with Crippen LogP contribution in [-0.2, 0) is 13.2 Å². The number of halogens is 1. The van der Waals surface area contributed by atoms with Gasteiger partial charge in [-0.05, 0) is 30.8 Å². The van der Waals surface area contributed by atoms with Crippen LogP contribution in [0.25, 0.3) is 22.0 Å². The first kappa shape index (κ1) is 18.6. The van der Waals surface area contributed by atoms with Gasteiger partial charge in [-0.3, -0.25) is 9.69 Å². The van der Waals surface area contributed by atoms with Crippen LogP contribution in [0.1, 0.15) is 5.56 Å². The van der Waals surface area contributed by atoms with E-state index < -0.39 is 0 Å². The Morgan fingerprint density at radius 3 is 2.25 bits per heavy atom. The summed E-state index contributed by atoms with van der Waals surface area (Å²) < 4.78 is 2.61. The normalized spacial score (nSPS) is 11.2. The van der Waals surface area contributed by atoms with Gasteiger partial charge in [0.25, 0.3) is 5.56 Å². The molecule has 28 heavy (non-hydrogen) atoms. The van der Waals surface area contributed by atoms with E-state index in [1.165, 1.54) is 5.56 Å². The summed E-state index contributed by atoms with van der Waals surface area (Å²) in [7, 11) is 1.99. The second-order valence-corrected chi connectivity index (χ2v) is 7.76. The van der Waals surface area contributed by atoms with Gasteiger partial charge in [-0.15, -0.1) is 0 Å². The average molecular weight is 434 g/mol. The van der Waals surface area contributed by atoms with Gasteiger partial charge in [0.2, 0.25) is 0 Å². The molecule has 1 heterocycles. The second-order valence-electron chi connectivity index (χ2n) is 6.85. The average Bonchev–Trinajstić information content (AvgIpc) is 2.72. The zero-order chi connectivity index (χ0) is 19.5. The monoisotopic (exact) mass is 433 g/mol. The van der Waals surface area contributed by atoms with Crippen molar-refractivity contribution < 1.29 is 0 Å². The van der Waals surface area contributed by atoms with Crippen molar-refractivity contribution >= 4 is 26.7 Å². The van der Waals surface area contributed by atoms with Crippen LogP contribution in [0.4, 0.5) is 0 Å². The molecule has 4 nitrogen and oxygen atoms in total. The van der Waals surface area contributed by atoms with Gasteiger partial charge in [-0.2, -0.15) is 5.10 Å². The summed E-state index contributed by atoms with van der Waals surface area (Å²) >= 11 is 3.46. The smallest absolute Gasteiger partial charge is 0.275 e. The molecular weight excluding hydrogens is 414 g/mol. The standard InChI is InChI=1S/C23H20BrN3O/c1-26(15-17-11-13-19(24)14-12-17)16-27-23(28)21-10-6-5-9-20(21)22(25-27)18-7-3-2-4-8-18/h2-14H,15-16H2,1H3. The van der Waals surface area contributed by atoms with Crippen LogP contribution in [0.3, 0.4) is 0 Å². The molecule has 0 aliphatic carbocycles. The van der Waals surface area contributed by atoms with Crippen molar-refractivity contribution in [2.75, 3.05) is 7.05 Å². The van der Waals surface area contributed by atoms with E-state index in [-0.39, 0.29) is 5.56 Å². The van der Waals surface area contributed by atoms with Gasteiger partial charge in [0.15, 0.2) is 0 Å². The van der Waals surface area contributed by atoms with Gasteiger partial charge in [-0.1, -0.05) is 76.6 Å². The van der Waals surface area contributed by atoms with Crippen LogP contribution < -0.4 is 5.56 Å². The van der Waals surface area contributed by atoms with Crippen molar-refractivity contribution in [1.82, 2.24) is 14.7 Å². The number of rotatable bonds is 5. The molecule has 4 aromatic rings. The van der Waals surface area contributed by atoms with Crippen molar-refractivity contribution in [3.63, 3.8) is 0 Å². The molecular formula is C23H20BrN3O. The van der Waals surface area contributed by atoms with Crippen LogP contribution in [0.2, 0.25) is 0 Å². The van der Waals surface area contributed by atoms with Crippen molar-refractivity contribution in [3.8, 4) is 11.3 Å². The third-order valence-electron chi connectivity index (χ3n) is 4.66. The molecule has 0 unspecified atom stereocenters. The Morgan fingerprint density at radius 2 is 1.54 bits per heavy atom. The van der Waals surface area contributed by atoms with Crippen molar-refractivity contribution in [3.05, 3.63) is 99.3 Å². The van der Waals surface area contributed by atoms with Crippen LogP contribution in [-0.4, -0.2) is 21.7 Å². The van der Waals surface area contributed by atoms with Crippen LogP contribution >= 0.6 is 15.9 Å². The first-order chi connectivity index (χ1) is 13.6. The number of hydrogen-bond acceptors (Lipinski definition) is 3. The highest BCUT2D eigenvalue weighted by atomic mass is 79.9. The third-order valence-corrected chi connectivity index (χ3v) is 5.18. The Labute approximate surface area is 172 Å². The van der Waals surface area contributed by atoms with E-state index in [4.69, 9.17) is 5.10 Å². The minimum Gasteiger partial charge on any atom is -0.283 e. The van der Waals surface area contributed by atoms with E-state index in [1.807, 2.05) is 73.8 Å². The molecule has 0 saturated carbocycles. The molecule has 1 aromatic heterocycles. The number of fused-ring (bicyclic) bond motifs is 1.